The van der Waals surface area contributed by atoms with Crippen LogP contribution in [-0.4, -0.2) is 19.8 Å². The van der Waals surface area contributed by atoms with E-state index < -0.39 is 0 Å². The van der Waals surface area contributed by atoms with Gasteiger partial charge in [-0.1, -0.05) is 12.1 Å². The summed E-state index contributed by atoms with van der Waals surface area (Å²) in [7, 11) is 1.71. The van der Waals surface area contributed by atoms with Crippen molar-refractivity contribution in [2.45, 2.75) is 31.7 Å². The summed E-state index contributed by atoms with van der Waals surface area (Å²) in [6, 6.07) is 6.71. The fourth-order valence-electron chi connectivity index (χ4n) is 1.68. The number of benzene rings is 1. The van der Waals surface area contributed by atoms with E-state index in [1.54, 1.807) is 19.2 Å². The van der Waals surface area contributed by atoms with Crippen LogP contribution in [0.3, 0.4) is 0 Å². The Morgan fingerprint density at radius 2 is 1.94 bits per heavy atom. The fraction of sp³-hybridized carbons (Fsp3) is 0.538. The van der Waals surface area contributed by atoms with E-state index in [1.807, 2.05) is 0 Å². The van der Waals surface area contributed by atoms with Gasteiger partial charge in [0.2, 0.25) is 0 Å². The predicted molar refractivity (Wildman–Crippen MR) is 63.8 cm³/mol. The van der Waals surface area contributed by atoms with Crippen molar-refractivity contribution in [1.82, 2.24) is 0 Å². The van der Waals surface area contributed by atoms with E-state index in [4.69, 9.17) is 10.5 Å². The second-order valence-electron chi connectivity index (χ2n) is 4.08. The van der Waals surface area contributed by atoms with Crippen molar-refractivity contribution >= 4 is 0 Å². The van der Waals surface area contributed by atoms with Crippen LogP contribution in [0.4, 0.5) is 4.39 Å². The topological polar surface area (TPSA) is 35.2 Å². The second kappa shape index (κ2) is 7.36. The first-order valence-electron chi connectivity index (χ1n) is 5.71. The van der Waals surface area contributed by atoms with Gasteiger partial charge < -0.3 is 10.5 Å². The molecule has 0 aliphatic rings. The molecule has 0 aliphatic carbocycles. The molecule has 1 aromatic rings. The molecule has 1 unspecified atom stereocenters. The Bertz CT molecular complexity index is 286. The second-order valence-corrected chi connectivity index (χ2v) is 4.08. The quantitative estimate of drug-likeness (QED) is 0.724. The SMILES string of the molecule is COCCCCC(N)Cc1ccc(F)cc1. The Hall–Kier alpha value is -0.930. The minimum absolute atomic E-state index is 0.155. The molecule has 3 heteroatoms. The summed E-state index contributed by atoms with van der Waals surface area (Å²) in [6.07, 6.45) is 3.93. The fourth-order valence-corrected chi connectivity index (χ4v) is 1.68. The molecule has 2 nitrogen and oxygen atoms in total. The van der Waals surface area contributed by atoms with Crippen molar-refractivity contribution in [1.29, 1.82) is 0 Å². The van der Waals surface area contributed by atoms with Crippen LogP contribution in [0.1, 0.15) is 24.8 Å². The van der Waals surface area contributed by atoms with E-state index >= 15 is 0 Å². The number of hydrogen-bond acceptors (Lipinski definition) is 2. The van der Waals surface area contributed by atoms with Gasteiger partial charge in [0.25, 0.3) is 0 Å². The molecule has 1 atom stereocenters. The van der Waals surface area contributed by atoms with Crippen molar-refractivity contribution in [3.63, 3.8) is 0 Å². The molecular weight excluding hydrogens is 205 g/mol. The zero-order valence-corrected chi connectivity index (χ0v) is 9.79. The van der Waals surface area contributed by atoms with E-state index in [2.05, 4.69) is 0 Å². The molecule has 0 aliphatic heterocycles. The third kappa shape index (κ3) is 5.24. The molecule has 0 fully saturated rings. The van der Waals surface area contributed by atoms with Gasteiger partial charge in [0.05, 0.1) is 0 Å². The number of nitrogens with two attached hydrogens (primary N) is 1. The number of halogens is 1. The maximum absolute atomic E-state index is 12.7. The summed E-state index contributed by atoms with van der Waals surface area (Å²) >= 11 is 0. The van der Waals surface area contributed by atoms with Gasteiger partial charge in [-0.15, -0.1) is 0 Å². The van der Waals surface area contributed by atoms with Crippen molar-refractivity contribution in [2.75, 3.05) is 13.7 Å². The highest BCUT2D eigenvalue weighted by molar-refractivity contribution is 5.16. The molecule has 0 aromatic heterocycles. The van der Waals surface area contributed by atoms with Crippen LogP contribution in [0.2, 0.25) is 0 Å². The van der Waals surface area contributed by atoms with Crippen LogP contribution in [0.25, 0.3) is 0 Å². The van der Waals surface area contributed by atoms with E-state index in [9.17, 15) is 4.39 Å². The lowest BCUT2D eigenvalue weighted by Crippen LogP contribution is -2.22. The third-order valence-electron chi connectivity index (χ3n) is 2.58. The van der Waals surface area contributed by atoms with E-state index in [-0.39, 0.29) is 11.9 Å². The monoisotopic (exact) mass is 225 g/mol. The van der Waals surface area contributed by atoms with Gasteiger partial charge in [0.15, 0.2) is 0 Å². The van der Waals surface area contributed by atoms with Crippen LogP contribution in [0, 0.1) is 5.82 Å². The normalized spacial score (nSPS) is 12.7. The Labute approximate surface area is 96.6 Å². The van der Waals surface area contributed by atoms with Crippen molar-refractivity contribution < 1.29 is 9.13 Å². The highest BCUT2D eigenvalue weighted by Crippen LogP contribution is 2.08. The summed E-state index contributed by atoms with van der Waals surface area (Å²) in [6.45, 7) is 0.795. The summed E-state index contributed by atoms with van der Waals surface area (Å²) in [5.74, 6) is -0.197. The lowest BCUT2D eigenvalue weighted by molar-refractivity contribution is 0.191. The van der Waals surface area contributed by atoms with Crippen LogP contribution in [0.15, 0.2) is 24.3 Å². The van der Waals surface area contributed by atoms with Gasteiger partial charge in [-0.25, -0.2) is 4.39 Å². The van der Waals surface area contributed by atoms with Gasteiger partial charge in [-0.2, -0.15) is 0 Å². The molecule has 0 spiro atoms. The smallest absolute Gasteiger partial charge is 0.123 e. The van der Waals surface area contributed by atoms with Gasteiger partial charge in [0.1, 0.15) is 5.82 Å². The van der Waals surface area contributed by atoms with Crippen LogP contribution >= 0.6 is 0 Å². The number of unbranched alkanes of at least 4 members (excludes halogenated alkanes) is 1. The molecule has 16 heavy (non-hydrogen) atoms. The van der Waals surface area contributed by atoms with Crippen LogP contribution in [0.5, 0.6) is 0 Å². The largest absolute Gasteiger partial charge is 0.385 e. The first-order chi connectivity index (χ1) is 7.72. The Morgan fingerprint density at radius 3 is 2.56 bits per heavy atom. The lowest BCUT2D eigenvalue weighted by Gasteiger charge is -2.11. The van der Waals surface area contributed by atoms with Gasteiger partial charge in [-0.3, -0.25) is 0 Å². The number of ether oxygens (including phenoxy) is 1. The van der Waals surface area contributed by atoms with E-state index in [1.165, 1.54) is 12.1 Å². The molecule has 0 bridgehead atoms. The first kappa shape index (κ1) is 13.1. The first-order valence-corrected chi connectivity index (χ1v) is 5.71. The summed E-state index contributed by atoms with van der Waals surface area (Å²) in [5, 5.41) is 0. The van der Waals surface area contributed by atoms with E-state index in [0.717, 1.165) is 37.9 Å². The van der Waals surface area contributed by atoms with Crippen LogP contribution < -0.4 is 5.73 Å². The molecule has 0 amide bonds. The minimum Gasteiger partial charge on any atom is -0.385 e. The zero-order chi connectivity index (χ0) is 11.8. The van der Waals surface area contributed by atoms with Gasteiger partial charge in [0, 0.05) is 19.8 Å². The van der Waals surface area contributed by atoms with E-state index in [0.29, 0.717) is 0 Å². The third-order valence-corrected chi connectivity index (χ3v) is 2.58. The van der Waals surface area contributed by atoms with Crippen molar-refractivity contribution in [3.05, 3.63) is 35.6 Å². The van der Waals surface area contributed by atoms with Crippen molar-refractivity contribution in [2.24, 2.45) is 5.73 Å². The Kier molecular flexibility index (Phi) is 6.04. The highest BCUT2D eigenvalue weighted by Gasteiger charge is 2.04. The summed E-state index contributed by atoms with van der Waals surface area (Å²) < 4.78 is 17.6. The van der Waals surface area contributed by atoms with Gasteiger partial charge >= 0.3 is 0 Å². The Balaban J connectivity index is 2.23. The molecule has 0 saturated carbocycles. The predicted octanol–water partition coefficient (Wildman–Crippen LogP) is 2.51. The van der Waals surface area contributed by atoms with Gasteiger partial charge in [-0.05, 0) is 43.4 Å². The molecule has 1 aromatic carbocycles. The molecule has 0 radical (unpaired) electrons. The van der Waals surface area contributed by atoms with Crippen LogP contribution in [-0.2, 0) is 11.2 Å². The molecule has 0 heterocycles. The molecule has 0 saturated heterocycles. The number of methoxy groups -OCH3 is 1. The summed E-state index contributed by atoms with van der Waals surface area (Å²) in [4.78, 5) is 0. The average molecular weight is 225 g/mol. The number of rotatable bonds is 7. The summed E-state index contributed by atoms with van der Waals surface area (Å²) in [5.41, 5.74) is 7.09. The maximum Gasteiger partial charge on any atom is 0.123 e. The number of hydrogen-bond donors (Lipinski definition) is 1. The molecule has 2 N–H and O–H groups in total. The maximum atomic E-state index is 12.7. The minimum atomic E-state index is -0.197. The standard InChI is InChI=1S/C13H20FNO/c1-16-9-3-2-4-13(15)10-11-5-7-12(14)8-6-11/h5-8,13H,2-4,9-10,15H2,1H3. The highest BCUT2D eigenvalue weighted by atomic mass is 19.1. The molecular formula is C13H20FNO. The van der Waals surface area contributed by atoms with Crippen molar-refractivity contribution in [3.8, 4) is 0 Å². The zero-order valence-electron chi connectivity index (χ0n) is 9.79. The Morgan fingerprint density at radius 1 is 1.25 bits per heavy atom. The molecule has 1 rings (SSSR count). The lowest BCUT2D eigenvalue weighted by atomic mass is 10.0. The average Bonchev–Trinajstić information content (AvgIpc) is 2.28. The molecule has 90 valence electrons.